The van der Waals surface area contributed by atoms with Crippen molar-refractivity contribution in [1.82, 2.24) is 24.2 Å². The van der Waals surface area contributed by atoms with Crippen LogP contribution in [-0.2, 0) is 11.2 Å². The van der Waals surface area contributed by atoms with Crippen LogP contribution in [0.25, 0.3) is 11.4 Å². The summed E-state index contributed by atoms with van der Waals surface area (Å²) in [6, 6.07) is 8.98. The van der Waals surface area contributed by atoms with Crippen LogP contribution in [0.2, 0.25) is 0 Å². The first kappa shape index (κ1) is 25.8. The summed E-state index contributed by atoms with van der Waals surface area (Å²) in [7, 11) is 0. The minimum Gasteiger partial charge on any atom is -0.379 e. The third-order valence-corrected chi connectivity index (χ3v) is 6.58. The number of aromatic nitrogens is 3. The van der Waals surface area contributed by atoms with E-state index in [1.807, 2.05) is 33.8 Å². The van der Waals surface area contributed by atoms with Gasteiger partial charge in [0.05, 0.1) is 18.9 Å². The summed E-state index contributed by atoms with van der Waals surface area (Å²) in [6.07, 6.45) is 5.77. The van der Waals surface area contributed by atoms with Gasteiger partial charge in [-0.2, -0.15) is 5.10 Å². The molecule has 3 heterocycles. The molecule has 7 heteroatoms. The van der Waals surface area contributed by atoms with Gasteiger partial charge in [0.15, 0.2) is 0 Å². The summed E-state index contributed by atoms with van der Waals surface area (Å²) in [5, 5.41) is 7.80. The Morgan fingerprint density at radius 1 is 1.06 bits per heavy atom. The lowest BCUT2D eigenvalue weighted by atomic mass is 9.84. The fourth-order valence-corrected chi connectivity index (χ4v) is 4.67. The van der Waals surface area contributed by atoms with Gasteiger partial charge in [-0.05, 0) is 50.3 Å². The second-order valence-electron chi connectivity index (χ2n) is 7.38. The average molecular weight is 448 g/mol. The molecular weight excluding hydrogens is 406 g/mol. The monoisotopic (exact) mass is 447 g/mol. The Labute approximate surface area is 193 Å². The second-order valence-corrected chi connectivity index (χ2v) is 8.31. The molecule has 0 radical (unpaired) electrons. The molecule has 0 spiro atoms. The van der Waals surface area contributed by atoms with Gasteiger partial charge in [-0.3, -0.25) is 10.1 Å². The molecule has 4 rings (SSSR count). The first-order valence-electron chi connectivity index (χ1n) is 12.1. The van der Waals surface area contributed by atoms with Gasteiger partial charge in [-0.15, -0.1) is 0 Å². The summed E-state index contributed by atoms with van der Waals surface area (Å²) in [5.74, 6) is 0.576. The first-order valence-corrected chi connectivity index (χ1v) is 12.9. The number of ether oxygens (including phenoxy) is 1. The van der Waals surface area contributed by atoms with E-state index in [-0.39, 0.29) is 0 Å². The molecule has 0 atom stereocenters. The van der Waals surface area contributed by atoms with Crippen LogP contribution in [-0.4, -0.2) is 51.8 Å². The predicted molar refractivity (Wildman–Crippen MR) is 132 cm³/mol. The normalized spacial score (nSPS) is 21.5. The van der Waals surface area contributed by atoms with Crippen molar-refractivity contribution in [3.05, 3.63) is 35.7 Å². The third kappa shape index (κ3) is 7.90. The number of hydrogen-bond donors (Lipinski definition) is 2. The smallest absolute Gasteiger partial charge is 0.111 e. The zero-order valence-corrected chi connectivity index (χ0v) is 20.8. The zero-order chi connectivity index (χ0) is 22.5. The van der Waals surface area contributed by atoms with Crippen molar-refractivity contribution in [3.8, 4) is 11.4 Å². The number of pyridine rings is 1. The second kappa shape index (κ2) is 14.6. The molecular formula is C24H41N5OS. The molecule has 2 fully saturated rings. The van der Waals surface area contributed by atoms with Crippen molar-refractivity contribution in [2.75, 3.05) is 26.3 Å². The maximum atomic E-state index is 5.40. The maximum Gasteiger partial charge on any atom is 0.111 e. The highest BCUT2D eigenvalue weighted by molar-refractivity contribution is 7.95. The molecule has 2 aromatic rings. The highest BCUT2D eigenvalue weighted by Crippen LogP contribution is 2.34. The van der Waals surface area contributed by atoms with Gasteiger partial charge in [0, 0.05) is 48.6 Å². The number of hydrogen-bond acceptors (Lipinski definition) is 6. The predicted octanol–water partition coefficient (Wildman–Crippen LogP) is 5.60. The molecule has 2 N–H and O–H groups in total. The Bertz CT molecular complexity index is 724. The van der Waals surface area contributed by atoms with Crippen LogP contribution >= 0.6 is 12.1 Å². The molecule has 174 valence electrons. The van der Waals surface area contributed by atoms with E-state index in [1.54, 1.807) is 12.1 Å². The van der Waals surface area contributed by atoms with Crippen molar-refractivity contribution in [1.29, 1.82) is 0 Å². The van der Waals surface area contributed by atoms with E-state index >= 15 is 0 Å². The number of nitrogens with one attached hydrogen (secondary N) is 2. The quantitative estimate of drug-likeness (QED) is 0.562. The molecule has 2 aliphatic rings. The number of H-pyrrole nitrogens is 1. The van der Waals surface area contributed by atoms with Gasteiger partial charge in [0.2, 0.25) is 0 Å². The molecule has 1 saturated carbocycles. The van der Waals surface area contributed by atoms with Gasteiger partial charge in [-0.25, -0.2) is 9.03 Å². The fraction of sp³-hybridized carbons (Fsp3) is 0.667. The van der Waals surface area contributed by atoms with Crippen molar-refractivity contribution < 1.29 is 4.74 Å². The standard InChI is InChI=1S/C20H29N5OS.2C2H6/c1-2-16-4-3-5-18(21-16)20-14-19(22-23-20)15-6-8-17(9-7-15)24-27-25-10-12-26-13-11-25;2*1-2/h3-5,14-15,17,24H,2,6-13H2,1H3,(H,22,23);2*1-2H3. The fourth-order valence-electron chi connectivity index (χ4n) is 3.81. The largest absolute Gasteiger partial charge is 0.379 e. The lowest BCUT2D eigenvalue weighted by Gasteiger charge is -2.31. The van der Waals surface area contributed by atoms with Crippen molar-refractivity contribution in [2.24, 2.45) is 0 Å². The number of morpholine rings is 1. The minimum absolute atomic E-state index is 0.576. The Morgan fingerprint density at radius 3 is 2.45 bits per heavy atom. The van der Waals surface area contributed by atoms with Crippen LogP contribution in [0.15, 0.2) is 24.3 Å². The van der Waals surface area contributed by atoms with Crippen molar-refractivity contribution in [3.63, 3.8) is 0 Å². The number of aromatic amines is 1. The van der Waals surface area contributed by atoms with E-state index in [2.05, 4.69) is 44.3 Å². The number of nitrogens with zero attached hydrogens (tertiary/aromatic N) is 3. The average Bonchev–Trinajstić information content (AvgIpc) is 3.37. The molecule has 1 aliphatic heterocycles. The van der Waals surface area contributed by atoms with E-state index in [4.69, 9.17) is 9.72 Å². The highest BCUT2D eigenvalue weighted by Gasteiger charge is 2.25. The highest BCUT2D eigenvalue weighted by atomic mass is 32.2. The van der Waals surface area contributed by atoms with Crippen molar-refractivity contribution in [2.45, 2.75) is 78.7 Å². The number of aryl methyl sites for hydroxylation is 1. The Hall–Kier alpha value is -1.41. The van der Waals surface area contributed by atoms with E-state index in [0.29, 0.717) is 12.0 Å². The van der Waals surface area contributed by atoms with Crippen LogP contribution in [0.1, 0.15) is 77.6 Å². The van der Waals surface area contributed by atoms with Crippen LogP contribution in [0, 0.1) is 0 Å². The van der Waals surface area contributed by atoms with E-state index in [9.17, 15) is 0 Å². The van der Waals surface area contributed by atoms with Crippen molar-refractivity contribution >= 4 is 12.1 Å². The molecule has 0 amide bonds. The SMILES string of the molecule is CC.CC.CCc1cccc(-c2cc(C3CCC(NSN4CCOCC4)CC3)[nH]n2)n1. The Kier molecular flexibility index (Phi) is 12.2. The molecule has 2 aromatic heterocycles. The summed E-state index contributed by atoms with van der Waals surface area (Å²) in [6.45, 7) is 13.8. The van der Waals surface area contributed by atoms with E-state index < -0.39 is 0 Å². The first-order chi connectivity index (χ1) is 15.3. The van der Waals surface area contributed by atoms with Gasteiger partial charge in [0.1, 0.15) is 5.69 Å². The van der Waals surface area contributed by atoms with Gasteiger partial charge >= 0.3 is 0 Å². The lowest BCUT2D eigenvalue weighted by molar-refractivity contribution is 0.0768. The third-order valence-electron chi connectivity index (χ3n) is 5.51. The summed E-state index contributed by atoms with van der Waals surface area (Å²) in [5.41, 5.74) is 4.30. The van der Waals surface area contributed by atoms with Gasteiger partial charge < -0.3 is 4.74 Å². The molecule has 6 nitrogen and oxygen atoms in total. The molecule has 0 unspecified atom stereocenters. The summed E-state index contributed by atoms with van der Waals surface area (Å²) < 4.78 is 11.4. The lowest BCUT2D eigenvalue weighted by Crippen LogP contribution is -2.37. The van der Waals surface area contributed by atoms with Crippen LogP contribution in [0.4, 0.5) is 0 Å². The Balaban J connectivity index is 0.000000807. The topological polar surface area (TPSA) is 66.1 Å². The van der Waals surface area contributed by atoms with Crippen LogP contribution in [0.5, 0.6) is 0 Å². The molecule has 0 aromatic carbocycles. The molecule has 1 aliphatic carbocycles. The number of rotatable bonds is 6. The van der Waals surface area contributed by atoms with Crippen LogP contribution in [0.3, 0.4) is 0 Å². The van der Waals surface area contributed by atoms with Gasteiger partial charge in [0.25, 0.3) is 0 Å². The van der Waals surface area contributed by atoms with Gasteiger partial charge in [-0.1, -0.05) is 40.7 Å². The summed E-state index contributed by atoms with van der Waals surface area (Å²) in [4.78, 5) is 4.69. The minimum atomic E-state index is 0.576. The van der Waals surface area contributed by atoms with Crippen LogP contribution < -0.4 is 4.72 Å². The molecule has 0 bridgehead atoms. The molecule has 1 saturated heterocycles. The Morgan fingerprint density at radius 2 is 1.77 bits per heavy atom. The maximum absolute atomic E-state index is 5.40. The van der Waals surface area contributed by atoms with E-state index in [0.717, 1.165) is 49.8 Å². The summed E-state index contributed by atoms with van der Waals surface area (Å²) >= 11 is 1.78. The van der Waals surface area contributed by atoms with E-state index in [1.165, 1.54) is 31.4 Å². The molecule has 31 heavy (non-hydrogen) atoms. The zero-order valence-electron chi connectivity index (χ0n) is 20.0.